The third-order valence-corrected chi connectivity index (χ3v) is 2.52. The van der Waals surface area contributed by atoms with Crippen molar-refractivity contribution in [2.75, 3.05) is 34.9 Å². The Morgan fingerprint density at radius 2 is 2.00 bits per heavy atom. The summed E-state index contributed by atoms with van der Waals surface area (Å²) in [5.41, 5.74) is 0.864. The maximum absolute atomic E-state index is 9.24. The number of hydrogen-bond acceptors (Lipinski definition) is 4. The fourth-order valence-corrected chi connectivity index (χ4v) is 1.69. The lowest BCUT2D eigenvalue weighted by molar-refractivity contribution is 0.376. The van der Waals surface area contributed by atoms with Crippen LogP contribution in [0.5, 0.6) is 11.5 Å². The van der Waals surface area contributed by atoms with Gasteiger partial charge in [0.2, 0.25) is 0 Å². The third kappa shape index (κ3) is 3.36. The minimum absolute atomic E-state index is 0.227. The van der Waals surface area contributed by atoms with Gasteiger partial charge in [0.1, 0.15) is 11.5 Å². The molecule has 0 spiro atoms. The van der Waals surface area contributed by atoms with Crippen molar-refractivity contribution in [2.24, 2.45) is 0 Å². The molecule has 0 aromatic heterocycles. The second kappa shape index (κ2) is 6.12. The Hall–Kier alpha value is -1.73. The second-order valence-corrected chi connectivity index (χ2v) is 4.05. The average Bonchev–Trinajstić information content (AvgIpc) is 2.34. The van der Waals surface area contributed by atoms with E-state index in [4.69, 9.17) is 9.47 Å². The molecule has 0 radical (unpaired) electrons. The minimum Gasteiger partial charge on any atom is -0.497 e. The maximum Gasteiger partial charge on any atom is 0.123 e. The zero-order chi connectivity index (χ0) is 12.8. The molecule has 17 heavy (non-hydrogen) atoms. The Morgan fingerprint density at radius 3 is 2.47 bits per heavy atom. The zero-order valence-corrected chi connectivity index (χ0v) is 10.7. The minimum atomic E-state index is -0.227. The lowest BCUT2D eigenvalue weighted by atomic mass is 9.99. The molecule has 1 aromatic carbocycles. The fourth-order valence-electron chi connectivity index (χ4n) is 1.69. The van der Waals surface area contributed by atoms with E-state index in [9.17, 15) is 5.26 Å². The Bertz CT molecular complexity index is 410. The number of hydrogen-bond donors (Lipinski definition) is 0. The van der Waals surface area contributed by atoms with Crippen LogP contribution in [0.2, 0.25) is 0 Å². The molecule has 0 N–H and O–H groups in total. The largest absolute Gasteiger partial charge is 0.497 e. The monoisotopic (exact) mass is 234 g/mol. The van der Waals surface area contributed by atoms with E-state index in [1.807, 2.05) is 37.2 Å². The number of nitriles is 1. The molecule has 92 valence electrons. The molecule has 4 heteroatoms. The number of nitrogens with zero attached hydrogens (tertiary/aromatic N) is 2. The first-order valence-corrected chi connectivity index (χ1v) is 5.38. The molecule has 0 saturated heterocycles. The van der Waals surface area contributed by atoms with Gasteiger partial charge in [0.05, 0.1) is 26.2 Å². The van der Waals surface area contributed by atoms with Crippen molar-refractivity contribution in [1.82, 2.24) is 4.90 Å². The van der Waals surface area contributed by atoms with E-state index in [-0.39, 0.29) is 5.92 Å². The van der Waals surface area contributed by atoms with Gasteiger partial charge in [-0.1, -0.05) is 0 Å². The highest BCUT2D eigenvalue weighted by Gasteiger charge is 2.17. The first-order chi connectivity index (χ1) is 8.12. The van der Waals surface area contributed by atoms with Gasteiger partial charge in [-0.05, 0) is 32.3 Å². The van der Waals surface area contributed by atoms with Crippen molar-refractivity contribution in [2.45, 2.75) is 5.92 Å². The molecule has 0 bridgehead atoms. The summed E-state index contributed by atoms with van der Waals surface area (Å²) < 4.78 is 10.5. The quantitative estimate of drug-likeness (QED) is 0.780. The molecule has 1 atom stereocenters. The van der Waals surface area contributed by atoms with E-state index in [1.54, 1.807) is 14.2 Å². The average molecular weight is 234 g/mol. The second-order valence-electron chi connectivity index (χ2n) is 4.05. The number of likely N-dealkylation sites (N-methyl/N-ethyl adjacent to an activating group) is 1. The first-order valence-electron chi connectivity index (χ1n) is 5.38. The van der Waals surface area contributed by atoms with Gasteiger partial charge >= 0.3 is 0 Å². The number of methoxy groups -OCH3 is 2. The molecule has 0 saturated carbocycles. The lowest BCUT2D eigenvalue weighted by Gasteiger charge is -2.18. The molecule has 1 rings (SSSR count). The number of benzene rings is 1. The molecule has 4 nitrogen and oxygen atoms in total. The van der Waals surface area contributed by atoms with Crippen LogP contribution in [-0.2, 0) is 0 Å². The molecule has 0 fully saturated rings. The Balaban J connectivity index is 3.11. The van der Waals surface area contributed by atoms with Crippen LogP contribution < -0.4 is 9.47 Å². The number of rotatable bonds is 5. The van der Waals surface area contributed by atoms with Gasteiger partial charge in [-0.15, -0.1) is 0 Å². The summed E-state index contributed by atoms with van der Waals surface area (Å²) in [4.78, 5) is 1.98. The van der Waals surface area contributed by atoms with Gasteiger partial charge in [0, 0.05) is 12.1 Å². The zero-order valence-electron chi connectivity index (χ0n) is 10.7. The summed E-state index contributed by atoms with van der Waals surface area (Å²) in [7, 11) is 7.10. The van der Waals surface area contributed by atoms with Crippen LogP contribution in [0.1, 0.15) is 11.5 Å². The van der Waals surface area contributed by atoms with Gasteiger partial charge in [0.25, 0.3) is 0 Å². The summed E-state index contributed by atoms with van der Waals surface area (Å²) in [5.74, 6) is 1.23. The molecular weight excluding hydrogens is 216 g/mol. The SMILES string of the molecule is COc1ccc(OC)c(C(C#N)CN(C)C)c1. The van der Waals surface area contributed by atoms with Crippen molar-refractivity contribution >= 4 is 0 Å². The van der Waals surface area contributed by atoms with Crippen molar-refractivity contribution in [3.63, 3.8) is 0 Å². The van der Waals surface area contributed by atoms with Crippen molar-refractivity contribution in [1.29, 1.82) is 5.26 Å². The summed E-state index contributed by atoms with van der Waals surface area (Å²) in [6, 6.07) is 7.81. The van der Waals surface area contributed by atoms with E-state index in [0.29, 0.717) is 6.54 Å². The molecule has 0 amide bonds. The molecule has 0 aliphatic heterocycles. The Labute approximate surface area is 102 Å². The van der Waals surface area contributed by atoms with Crippen LogP contribution in [0.3, 0.4) is 0 Å². The van der Waals surface area contributed by atoms with Crippen LogP contribution in [0, 0.1) is 11.3 Å². The van der Waals surface area contributed by atoms with Crippen molar-refractivity contribution < 1.29 is 9.47 Å². The Morgan fingerprint density at radius 1 is 1.29 bits per heavy atom. The molecule has 1 unspecified atom stereocenters. The lowest BCUT2D eigenvalue weighted by Crippen LogP contribution is -2.19. The summed E-state index contributed by atoms with van der Waals surface area (Å²) in [6.07, 6.45) is 0. The normalized spacial score (nSPS) is 12.0. The van der Waals surface area contributed by atoms with E-state index in [2.05, 4.69) is 6.07 Å². The van der Waals surface area contributed by atoms with Gasteiger partial charge in [0.15, 0.2) is 0 Å². The summed E-state index contributed by atoms with van der Waals surface area (Å²) >= 11 is 0. The molecule has 1 aromatic rings. The highest BCUT2D eigenvalue weighted by atomic mass is 16.5. The van der Waals surface area contributed by atoms with Crippen LogP contribution in [-0.4, -0.2) is 39.8 Å². The van der Waals surface area contributed by atoms with Crippen LogP contribution in [0.4, 0.5) is 0 Å². The predicted molar refractivity (Wildman–Crippen MR) is 66.5 cm³/mol. The van der Waals surface area contributed by atoms with Gasteiger partial charge < -0.3 is 14.4 Å². The molecule has 0 aliphatic carbocycles. The van der Waals surface area contributed by atoms with Gasteiger partial charge in [-0.3, -0.25) is 0 Å². The molecule has 0 aliphatic rings. The van der Waals surface area contributed by atoms with Gasteiger partial charge in [-0.2, -0.15) is 5.26 Å². The van der Waals surface area contributed by atoms with Crippen LogP contribution >= 0.6 is 0 Å². The van der Waals surface area contributed by atoms with Crippen LogP contribution in [0.25, 0.3) is 0 Å². The topological polar surface area (TPSA) is 45.5 Å². The molecular formula is C13H18N2O2. The third-order valence-electron chi connectivity index (χ3n) is 2.52. The van der Waals surface area contributed by atoms with Crippen LogP contribution in [0.15, 0.2) is 18.2 Å². The van der Waals surface area contributed by atoms with E-state index in [1.165, 1.54) is 0 Å². The fraction of sp³-hybridized carbons (Fsp3) is 0.462. The van der Waals surface area contributed by atoms with E-state index < -0.39 is 0 Å². The maximum atomic E-state index is 9.24. The number of ether oxygens (including phenoxy) is 2. The van der Waals surface area contributed by atoms with Crippen molar-refractivity contribution in [3.05, 3.63) is 23.8 Å². The standard InChI is InChI=1S/C13H18N2O2/c1-15(2)9-10(8-14)12-7-11(16-3)5-6-13(12)17-4/h5-7,10H,9H2,1-4H3. The Kier molecular flexibility index (Phi) is 4.80. The summed E-state index contributed by atoms with van der Waals surface area (Å²) in [5, 5.41) is 9.24. The highest BCUT2D eigenvalue weighted by Crippen LogP contribution is 2.30. The smallest absolute Gasteiger partial charge is 0.123 e. The first kappa shape index (κ1) is 13.3. The summed E-state index contributed by atoms with van der Waals surface area (Å²) in [6.45, 7) is 0.653. The predicted octanol–water partition coefficient (Wildman–Crippen LogP) is 1.87. The molecule has 0 heterocycles. The van der Waals surface area contributed by atoms with Gasteiger partial charge in [-0.25, -0.2) is 0 Å². The van der Waals surface area contributed by atoms with Crippen molar-refractivity contribution in [3.8, 4) is 17.6 Å². The highest BCUT2D eigenvalue weighted by molar-refractivity contribution is 5.44. The van der Waals surface area contributed by atoms with E-state index >= 15 is 0 Å². The van der Waals surface area contributed by atoms with E-state index in [0.717, 1.165) is 17.1 Å².